The van der Waals surface area contributed by atoms with Gasteiger partial charge in [0.1, 0.15) is 10.0 Å². The van der Waals surface area contributed by atoms with Crippen LogP contribution in [0.25, 0.3) is 4.72 Å². The second kappa shape index (κ2) is 8.45. The van der Waals surface area contributed by atoms with E-state index in [-0.39, 0.29) is 33.2 Å². The maximum atomic E-state index is 13.3. The fourth-order valence-electron chi connectivity index (χ4n) is 3.07. The number of benzene rings is 2. The van der Waals surface area contributed by atoms with Crippen molar-refractivity contribution in [1.82, 2.24) is 0 Å². The lowest BCUT2D eigenvalue weighted by atomic mass is 9.89. The van der Waals surface area contributed by atoms with Gasteiger partial charge in [-0.3, -0.25) is 0 Å². The first kappa shape index (κ1) is 23.4. The maximum Gasteiger partial charge on any atom is 0.238 e. The Morgan fingerprint density at radius 2 is 1.21 bits per heavy atom. The minimum atomic E-state index is -4.01. The molecule has 2 aromatic rings. The summed E-state index contributed by atoms with van der Waals surface area (Å²) < 4.78 is 53.4. The van der Waals surface area contributed by atoms with Crippen LogP contribution in [0.4, 0.5) is 5.69 Å². The zero-order valence-corrected chi connectivity index (χ0v) is 19.3. The molecule has 0 saturated carbocycles. The monoisotopic (exact) mass is 437 g/mol. The summed E-state index contributed by atoms with van der Waals surface area (Å²) in [5.41, 5.74) is 2.72. The lowest BCUT2D eigenvalue weighted by molar-refractivity contribution is 0.596. The van der Waals surface area contributed by atoms with Crippen LogP contribution in [-0.2, 0) is 20.0 Å². The van der Waals surface area contributed by atoms with Gasteiger partial charge in [0.15, 0.2) is 0 Å². The van der Waals surface area contributed by atoms with Gasteiger partial charge in [0.2, 0.25) is 10.0 Å². The zero-order valence-electron chi connectivity index (χ0n) is 17.7. The van der Waals surface area contributed by atoms with Crippen molar-refractivity contribution in [3.63, 3.8) is 0 Å². The summed E-state index contributed by atoms with van der Waals surface area (Å²) in [5.74, 6) is 0.260. The molecule has 6 nitrogen and oxygen atoms in total. The normalized spacial score (nSPS) is 12.8. The highest BCUT2D eigenvalue weighted by Crippen LogP contribution is 2.39. The number of primary sulfonamides is 1. The van der Waals surface area contributed by atoms with Crippen LogP contribution in [-0.4, -0.2) is 16.8 Å². The standard InChI is InChI=1S/C21H29N2O4S2/c1-13(2)16-11-19(14(3)4)21(20(12-16)15(5)6)29(26,27)23-17-7-9-18(10-8-17)28(22,24)25/h7-15H,1-6H3,(H2,22,24,25)/q-1. The number of rotatable bonds is 7. The van der Waals surface area contributed by atoms with Gasteiger partial charge in [-0.2, -0.15) is 0 Å². The molecule has 29 heavy (non-hydrogen) atoms. The Labute approximate surface area is 174 Å². The van der Waals surface area contributed by atoms with Gasteiger partial charge >= 0.3 is 0 Å². The van der Waals surface area contributed by atoms with E-state index in [0.29, 0.717) is 0 Å². The SMILES string of the molecule is CC(C)c1cc(C(C)C)c(S(=O)(=O)[N-]c2ccc(S(N)(=O)=O)cc2)c(C(C)C)c1. The molecule has 0 aliphatic heterocycles. The first-order chi connectivity index (χ1) is 13.2. The Balaban J connectivity index is 2.61. The minimum Gasteiger partial charge on any atom is -0.573 e. The van der Waals surface area contributed by atoms with Gasteiger partial charge in [0, 0.05) is 0 Å². The van der Waals surface area contributed by atoms with Crippen molar-refractivity contribution in [1.29, 1.82) is 0 Å². The van der Waals surface area contributed by atoms with Crippen molar-refractivity contribution in [2.24, 2.45) is 5.14 Å². The van der Waals surface area contributed by atoms with Crippen molar-refractivity contribution in [3.05, 3.63) is 57.8 Å². The molecule has 0 unspecified atom stereocenters. The molecule has 160 valence electrons. The van der Waals surface area contributed by atoms with E-state index in [9.17, 15) is 16.8 Å². The molecule has 8 heteroatoms. The molecule has 2 aromatic carbocycles. The van der Waals surface area contributed by atoms with Crippen molar-refractivity contribution in [2.45, 2.75) is 69.1 Å². The molecular weight excluding hydrogens is 408 g/mol. The molecule has 0 bridgehead atoms. The summed E-state index contributed by atoms with van der Waals surface area (Å²) in [6.07, 6.45) is 0. The molecule has 0 amide bonds. The number of nitrogens with two attached hydrogens (primary N) is 1. The molecular formula is C21H29N2O4S2-. The number of hydrogen-bond donors (Lipinski definition) is 1. The van der Waals surface area contributed by atoms with E-state index in [1.165, 1.54) is 24.3 Å². The maximum absolute atomic E-state index is 13.3. The van der Waals surface area contributed by atoms with Crippen LogP contribution >= 0.6 is 0 Å². The fourth-order valence-corrected chi connectivity index (χ4v) is 5.26. The van der Waals surface area contributed by atoms with E-state index in [0.717, 1.165) is 16.7 Å². The highest BCUT2D eigenvalue weighted by atomic mass is 32.2. The molecule has 0 fully saturated rings. The predicted molar refractivity (Wildman–Crippen MR) is 117 cm³/mol. The smallest absolute Gasteiger partial charge is 0.238 e. The Bertz CT molecular complexity index is 1060. The van der Waals surface area contributed by atoms with Crippen LogP contribution in [0, 0.1) is 0 Å². The van der Waals surface area contributed by atoms with Crippen molar-refractivity contribution >= 4 is 25.7 Å². The molecule has 0 heterocycles. The van der Waals surface area contributed by atoms with E-state index < -0.39 is 20.0 Å². The number of nitrogens with zero attached hydrogens (tertiary/aromatic N) is 1. The van der Waals surface area contributed by atoms with Gasteiger partial charge in [-0.1, -0.05) is 65.8 Å². The first-order valence-corrected chi connectivity index (χ1v) is 12.5. The highest BCUT2D eigenvalue weighted by molar-refractivity contribution is 7.94. The van der Waals surface area contributed by atoms with Gasteiger partial charge in [-0.05, 0) is 46.6 Å². The number of sulfonamides is 2. The topological polar surface area (TPSA) is 108 Å². The van der Waals surface area contributed by atoms with Crippen molar-refractivity contribution in [2.75, 3.05) is 0 Å². The molecule has 0 aliphatic rings. The van der Waals surface area contributed by atoms with E-state index in [2.05, 4.69) is 18.6 Å². The molecule has 2 rings (SSSR count). The zero-order chi connectivity index (χ0) is 22.1. The summed E-state index contributed by atoms with van der Waals surface area (Å²) in [7, 11) is -7.87. The van der Waals surface area contributed by atoms with Crippen LogP contribution < -0.4 is 5.14 Å². The van der Waals surface area contributed by atoms with Crippen molar-refractivity contribution in [3.8, 4) is 0 Å². The third-order valence-corrected chi connectivity index (χ3v) is 7.10. The molecule has 0 saturated heterocycles. The molecule has 0 aliphatic carbocycles. The van der Waals surface area contributed by atoms with Gasteiger partial charge in [-0.15, -0.1) is 5.69 Å². The third-order valence-electron chi connectivity index (χ3n) is 4.73. The molecule has 0 radical (unpaired) electrons. The lowest BCUT2D eigenvalue weighted by Crippen LogP contribution is -2.12. The third kappa shape index (κ3) is 5.38. The Kier molecular flexibility index (Phi) is 6.82. The average Bonchev–Trinajstić information content (AvgIpc) is 2.59. The largest absolute Gasteiger partial charge is 0.573 e. The predicted octanol–water partition coefficient (Wildman–Crippen LogP) is 5.10. The van der Waals surface area contributed by atoms with Crippen LogP contribution in [0.3, 0.4) is 0 Å². The lowest BCUT2D eigenvalue weighted by Gasteiger charge is -2.29. The second-order valence-electron chi connectivity index (χ2n) is 8.10. The van der Waals surface area contributed by atoms with Crippen LogP contribution in [0.15, 0.2) is 46.2 Å². The van der Waals surface area contributed by atoms with Crippen LogP contribution in [0.2, 0.25) is 0 Å². The van der Waals surface area contributed by atoms with E-state index in [1.807, 2.05) is 39.8 Å². The Morgan fingerprint density at radius 3 is 1.55 bits per heavy atom. The van der Waals surface area contributed by atoms with Gasteiger partial charge in [0.05, 0.1) is 9.79 Å². The summed E-state index contributed by atoms with van der Waals surface area (Å²) in [6.45, 7) is 12.0. The first-order valence-electron chi connectivity index (χ1n) is 9.52. The Morgan fingerprint density at radius 1 is 0.759 bits per heavy atom. The fraction of sp³-hybridized carbons (Fsp3) is 0.429. The van der Waals surface area contributed by atoms with Crippen molar-refractivity contribution < 1.29 is 16.8 Å². The Hall–Kier alpha value is -1.90. The average molecular weight is 438 g/mol. The summed E-state index contributed by atoms with van der Waals surface area (Å²) in [6, 6.07) is 9.08. The van der Waals surface area contributed by atoms with Crippen LogP contribution in [0.1, 0.15) is 76.0 Å². The molecule has 0 atom stereocenters. The summed E-state index contributed by atoms with van der Waals surface area (Å²) >= 11 is 0. The van der Waals surface area contributed by atoms with Crippen LogP contribution in [0.5, 0.6) is 0 Å². The van der Waals surface area contributed by atoms with E-state index >= 15 is 0 Å². The molecule has 2 N–H and O–H groups in total. The van der Waals surface area contributed by atoms with Gasteiger partial charge < -0.3 is 4.72 Å². The molecule has 0 spiro atoms. The quantitative estimate of drug-likeness (QED) is 0.650. The van der Waals surface area contributed by atoms with E-state index in [1.54, 1.807) is 0 Å². The highest BCUT2D eigenvalue weighted by Gasteiger charge is 2.22. The summed E-state index contributed by atoms with van der Waals surface area (Å²) in [4.78, 5) is 0.142. The van der Waals surface area contributed by atoms with E-state index in [4.69, 9.17) is 5.14 Å². The number of hydrogen-bond acceptors (Lipinski definition) is 4. The summed E-state index contributed by atoms with van der Waals surface area (Å²) in [5, 5.41) is 5.09. The minimum absolute atomic E-state index is 0.00376. The van der Waals surface area contributed by atoms with Gasteiger partial charge in [0.25, 0.3) is 0 Å². The second-order valence-corrected chi connectivity index (χ2v) is 11.2. The molecule has 0 aromatic heterocycles. The van der Waals surface area contributed by atoms with Gasteiger partial charge in [-0.25, -0.2) is 22.0 Å².